The van der Waals surface area contributed by atoms with Crippen LogP contribution < -0.4 is 10.7 Å². The smallest absolute Gasteiger partial charge is 0.187 e. The first-order chi connectivity index (χ1) is 11.6. The first kappa shape index (κ1) is 19.2. The number of hydrazone groups is 1. The summed E-state index contributed by atoms with van der Waals surface area (Å²) in [5, 5.41) is 12.4. The van der Waals surface area contributed by atoms with Gasteiger partial charge in [-0.2, -0.15) is 10.2 Å². The van der Waals surface area contributed by atoms with E-state index in [-0.39, 0.29) is 5.54 Å². The zero-order valence-corrected chi connectivity index (χ0v) is 16.9. The predicted molar refractivity (Wildman–Crippen MR) is 108 cm³/mol. The fourth-order valence-corrected chi connectivity index (χ4v) is 3.04. The lowest BCUT2D eigenvalue weighted by Crippen LogP contribution is -2.44. The van der Waals surface area contributed by atoms with E-state index in [0.717, 1.165) is 22.8 Å². The molecule has 2 heterocycles. The van der Waals surface area contributed by atoms with Gasteiger partial charge in [0.05, 0.1) is 12.4 Å². The van der Waals surface area contributed by atoms with Crippen LogP contribution in [-0.2, 0) is 0 Å². The summed E-state index contributed by atoms with van der Waals surface area (Å²) in [4.78, 5) is 0. The van der Waals surface area contributed by atoms with E-state index in [2.05, 4.69) is 80.0 Å². The van der Waals surface area contributed by atoms with Crippen molar-refractivity contribution in [1.82, 2.24) is 25.1 Å². The van der Waals surface area contributed by atoms with Gasteiger partial charge in [-0.05, 0) is 66.8 Å². The number of hydrogen-bond acceptors (Lipinski definition) is 3. The Morgan fingerprint density at radius 2 is 2.00 bits per heavy atom. The normalized spacial score (nSPS) is 12.2. The molecule has 0 radical (unpaired) electrons. The van der Waals surface area contributed by atoms with Gasteiger partial charge in [-0.25, -0.2) is 4.68 Å². The van der Waals surface area contributed by atoms with Crippen molar-refractivity contribution in [2.75, 3.05) is 0 Å². The van der Waals surface area contributed by atoms with E-state index in [1.807, 2.05) is 16.9 Å². The van der Waals surface area contributed by atoms with E-state index >= 15 is 0 Å². The van der Waals surface area contributed by atoms with Crippen LogP contribution in [0, 0.1) is 13.8 Å². The van der Waals surface area contributed by atoms with Crippen molar-refractivity contribution in [3.8, 4) is 5.82 Å². The summed E-state index contributed by atoms with van der Waals surface area (Å²) in [6.07, 6.45) is 3.63. The van der Waals surface area contributed by atoms with Crippen LogP contribution in [0.15, 0.2) is 23.4 Å². The van der Waals surface area contributed by atoms with Crippen molar-refractivity contribution in [3.05, 3.63) is 35.3 Å². The first-order valence-electron chi connectivity index (χ1n) is 8.44. The molecule has 2 rings (SSSR count). The van der Waals surface area contributed by atoms with E-state index < -0.39 is 0 Å². The van der Waals surface area contributed by atoms with Crippen molar-refractivity contribution in [1.29, 1.82) is 0 Å². The standard InChI is InChI=1S/C18H28N6S/c1-12(2)24-16(8-9-20-24)23-13(3)10-15(14(23)4)11-19-22-17(25)21-18(5,6)7/h8-12H,1-7H3,(H2,21,22,25)/b19-11-. The molecule has 0 atom stereocenters. The molecule has 2 aromatic rings. The molecular formula is C18H28N6S. The second kappa shape index (κ2) is 7.39. The van der Waals surface area contributed by atoms with Gasteiger partial charge in [0, 0.05) is 34.6 Å². The summed E-state index contributed by atoms with van der Waals surface area (Å²) < 4.78 is 4.21. The molecule has 0 aliphatic heterocycles. The summed E-state index contributed by atoms with van der Waals surface area (Å²) in [5.41, 5.74) is 6.07. The molecule has 0 saturated carbocycles. The molecule has 25 heavy (non-hydrogen) atoms. The minimum absolute atomic E-state index is 0.0926. The van der Waals surface area contributed by atoms with Crippen LogP contribution in [0.3, 0.4) is 0 Å². The highest BCUT2D eigenvalue weighted by atomic mass is 32.1. The zero-order chi connectivity index (χ0) is 18.8. The summed E-state index contributed by atoms with van der Waals surface area (Å²) in [5.74, 6) is 1.06. The van der Waals surface area contributed by atoms with Crippen LogP contribution >= 0.6 is 12.2 Å². The summed E-state index contributed by atoms with van der Waals surface area (Å²) >= 11 is 5.24. The molecule has 2 N–H and O–H groups in total. The number of nitrogens with zero attached hydrogens (tertiary/aromatic N) is 4. The molecule has 0 bridgehead atoms. The van der Waals surface area contributed by atoms with Crippen molar-refractivity contribution in [2.45, 2.75) is 60.0 Å². The monoisotopic (exact) mass is 360 g/mol. The summed E-state index contributed by atoms with van der Waals surface area (Å²) in [6, 6.07) is 4.44. The molecule has 0 aliphatic rings. The van der Waals surface area contributed by atoms with Crippen molar-refractivity contribution >= 4 is 23.5 Å². The third-order valence-corrected chi connectivity index (χ3v) is 3.89. The van der Waals surface area contributed by atoms with E-state index in [9.17, 15) is 0 Å². The van der Waals surface area contributed by atoms with Gasteiger partial charge in [0.25, 0.3) is 0 Å². The lowest BCUT2D eigenvalue weighted by molar-refractivity contribution is 0.508. The number of aryl methyl sites for hydroxylation is 1. The minimum atomic E-state index is -0.0926. The highest BCUT2D eigenvalue weighted by Crippen LogP contribution is 2.21. The summed E-state index contributed by atoms with van der Waals surface area (Å²) in [6.45, 7) is 14.6. The molecule has 2 aromatic heterocycles. The second-order valence-corrected chi connectivity index (χ2v) is 7.87. The Morgan fingerprint density at radius 3 is 2.60 bits per heavy atom. The Bertz CT molecular complexity index is 776. The van der Waals surface area contributed by atoms with Gasteiger partial charge >= 0.3 is 0 Å². The van der Waals surface area contributed by atoms with E-state index in [1.54, 1.807) is 6.21 Å². The van der Waals surface area contributed by atoms with Gasteiger partial charge in [0.1, 0.15) is 5.82 Å². The zero-order valence-electron chi connectivity index (χ0n) is 16.1. The minimum Gasteiger partial charge on any atom is -0.357 e. The molecule has 0 unspecified atom stereocenters. The van der Waals surface area contributed by atoms with E-state index in [0.29, 0.717) is 11.2 Å². The van der Waals surface area contributed by atoms with Gasteiger partial charge in [-0.1, -0.05) is 0 Å². The molecule has 6 nitrogen and oxygen atoms in total. The third-order valence-electron chi connectivity index (χ3n) is 3.70. The predicted octanol–water partition coefficient (Wildman–Crippen LogP) is 3.47. The Kier molecular flexibility index (Phi) is 5.67. The Labute approximate surface area is 155 Å². The Balaban J connectivity index is 2.21. The lowest BCUT2D eigenvalue weighted by atomic mass is 10.1. The fraction of sp³-hybridized carbons (Fsp3) is 0.500. The van der Waals surface area contributed by atoms with Crippen LogP contribution in [0.5, 0.6) is 0 Å². The molecule has 136 valence electrons. The molecule has 7 heteroatoms. The largest absolute Gasteiger partial charge is 0.357 e. The van der Waals surface area contributed by atoms with Crippen molar-refractivity contribution < 1.29 is 0 Å². The maximum absolute atomic E-state index is 5.24. The highest BCUT2D eigenvalue weighted by Gasteiger charge is 2.15. The maximum atomic E-state index is 5.24. The molecule has 0 spiro atoms. The average Bonchev–Trinajstić information content (AvgIpc) is 3.02. The number of rotatable bonds is 4. The number of aromatic nitrogens is 3. The van der Waals surface area contributed by atoms with Gasteiger partial charge < -0.3 is 9.88 Å². The number of hydrogen-bond donors (Lipinski definition) is 2. The summed E-state index contributed by atoms with van der Waals surface area (Å²) in [7, 11) is 0. The van der Waals surface area contributed by atoms with Crippen molar-refractivity contribution in [3.63, 3.8) is 0 Å². The second-order valence-electron chi connectivity index (χ2n) is 7.46. The van der Waals surface area contributed by atoms with Crippen LogP contribution in [-0.4, -0.2) is 31.2 Å². The Morgan fingerprint density at radius 1 is 1.32 bits per heavy atom. The van der Waals surface area contributed by atoms with Crippen LogP contribution in [0.1, 0.15) is 57.6 Å². The van der Waals surface area contributed by atoms with Crippen LogP contribution in [0.2, 0.25) is 0 Å². The van der Waals surface area contributed by atoms with E-state index in [4.69, 9.17) is 12.2 Å². The highest BCUT2D eigenvalue weighted by molar-refractivity contribution is 7.80. The molecule has 0 aliphatic carbocycles. The van der Waals surface area contributed by atoms with Gasteiger partial charge in [0.2, 0.25) is 0 Å². The number of thiocarbonyl (C=S) groups is 1. The average molecular weight is 361 g/mol. The molecule has 0 saturated heterocycles. The van der Waals surface area contributed by atoms with Crippen molar-refractivity contribution in [2.24, 2.45) is 5.10 Å². The topological polar surface area (TPSA) is 59.2 Å². The quantitative estimate of drug-likeness (QED) is 0.498. The lowest BCUT2D eigenvalue weighted by Gasteiger charge is -2.21. The SMILES string of the molecule is Cc1cc(/C=N\NC(=S)NC(C)(C)C)c(C)n1-c1ccnn1C(C)C. The van der Waals surface area contributed by atoms with Gasteiger partial charge in [0.15, 0.2) is 5.11 Å². The molecule has 0 aromatic carbocycles. The van der Waals surface area contributed by atoms with Crippen LogP contribution in [0.4, 0.5) is 0 Å². The molecule has 0 amide bonds. The number of nitrogens with one attached hydrogen (secondary N) is 2. The third kappa shape index (κ3) is 4.69. The van der Waals surface area contributed by atoms with E-state index in [1.165, 1.54) is 0 Å². The first-order valence-corrected chi connectivity index (χ1v) is 8.85. The Hall–Kier alpha value is -2.15. The molecular weight excluding hydrogens is 332 g/mol. The maximum Gasteiger partial charge on any atom is 0.187 e. The van der Waals surface area contributed by atoms with Gasteiger partial charge in [-0.15, -0.1) is 0 Å². The molecule has 0 fully saturated rings. The fourth-order valence-electron chi connectivity index (χ4n) is 2.68. The van der Waals surface area contributed by atoms with Crippen LogP contribution in [0.25, 0.3) is 5.82 Å². The van der Waals surface area contributed by atoms with Gasteiger partial charge in [-0.3, -0.25) is 5.43 Å².